The predicted octanol–water partition coefficient (Wildman–Crippen LogP) is 3.07. The van der Waals surface area contributed by atoms with Crippen LogP contribution in [-0.2, 0) is 6.42 Å². The van der Waals surface area contributed by atoms with Crippen molar-refractivity contribution >= 4 is 11.8 Å². The largest absolute Gasteiger partial charge is 0.370 e. The van der Waals surface area contributed by atoms with E-state index in [2.05, 4.69) is 56.3 Å². The summed E-state index contributed by atoms with van der Waals surface area (Å²) in [7, 11) is 1.81. The lowest BCUT2D eigenvalue weighted by molar-refractivity contribution is 0.699. The topological polar surface area (TPSA) is 61.3 Å². The number of nitrogens with zero attached hydrogens (tertiary/aromatic N) is 2. The molecular weight excluding hydrogens is 310 g/mol. The molecule has 2 aromatic rings. The van der Waals surface area contributed by atoms with E-state index in [9.17, 15) is 0 Å². The standard InChI is InChI=1S/C20H29N5/c1-21-20(25-17-9-12-18-10-3-2-4-11-18)24-16-8-7-15-23-19-13-5-6-14-22-19/h2-6,10-11,13-14H,7-9,12,15-17H2,1H3,(H,22,23)(H2,21,24,25). The van der Waals surface area contributed by atoms with Gasteiger partial charge in [0.05, 0.1) is 0 Å². The number of anilines is 1. The molecule has 0 radical (unpaired) electrons. The van der Waals surface area contributed by atoms with Crippen LogP contribution in [0.15, 0.2) is 59.7 Å². The normalized spacial score (nSPS) is 11.2. The van der Waals surface area contributed by atoms with E-state index in [4.69, 9.17) is 0 Å². The second-order valence-corrected chi connectivity index (χ2v) is 5.86. The van der Waals surface area contributed by atoms with E-state index >= 15 is 0 Å². The molecule has 5 nitrogen and oxygen atoms in total. The Morgan fingerprint density at radius 1 is 0.880 bits per heavy atom. The number of aryl methyl sites for hydroxylation is 1. The summed E-state index contributed by atoms with van der Waals surface area (Å²) < 4.78 is 0. The fourth-order valence-electron chi connectivity index (χ4n) is 2.51. The molecule has 1 aromatic heterocycles. The van der Waals surface area contributed by atoms with Crippen molar-refractivity contribution < 1.29 is 0 Å². The third-order valence-electron chi connectivity index (χ3n) is 3.87. The molecule has 5 heteroatoms. The number of hydrogen-bond donors (Lipinski definition) is 3. The first kappa shape index (κ1) is 18.8. The molecule has 134 valence electrons. The predicted molar refractivity (Wildman–Crippen MR) is 106 cm³/mol. The summed E-state index contributed by atoms with van der Waals surface area (Å²) in [4.78, 5) is 8.51. The van der Waals surface area contributed by atoms with Gasteiger partial charge in [0.15, 0.2) is 5.96 Å². The van der Waals surface area contributed by atoms with Crippen LogP contribution in [0.5, 0.6) is 0 Å². The fraction of sp³-hybridized carbons (Fsp3) is 0.400. The number of hydrogen-bond acceptors (Lipinski definition) is 3. The smallest absolute Gasteiger partial charge is 0.190 e. The van der Waals surface area contributed by atoms with Crippen molar-refractivity contribution in [1.29, 1.82) is 0 Å². The van der Waals surface area contributed by atoms with Crippen LogP contribution in [0, 0.1) is 0 Å². The molecule has 1 heterocycles. The van der Waals surface area contributed by atoms with Gasteiger partial charge in [-0.1, -0.05) is 36.4 Å². The number of nitrogens with one attached hydrogen (secondary N) is 3. The van der Waals surface area contributed by atoms with Gasteiger partial charge >= 0.3 is 0 Å². The van der Waals surface area contributed by atoms with Gasteiger partial charge in [-0.2, -0.15) is 0 Å². The zero-order chi connectivity index (χ0) is 17.6. The van der Waals surface area contributed by atoms with Gasteiger partial charge in [-0.25, -0.2) is 4.98 Å². The number of benzene rings is 1. The van der Waals surface area contributed by atoms with Crippen molar-refractivity contribution in [3.63, 3.8) is 0 Å². The van der Waals surface area contributed by atoms with Crippen LogP contribution < -0.4 is 16.0 Å². The molecule has 0 aliphatic heterocycles. The molecular formula is C20H29N5. The summed E-state index contributed by atoms with van der Waals surface area (Å²) in [5, 5.41) is 10.1. The van der Waals surface area contributed by atoms with Crippen molar-refractivity contribution in [2.45, 2.75) is 25.7 Å². The average molecular weight is 339 g/mol. The maximum Gasteiger partial charge on any atom is 0.190 e. The lowest BCUT2D eigenvalue weighted by Crippen LogP contribution is -2.38. The number of guanidine groups is 1. The molecule has 0 amide bonds. The Bertz CT molecular complexity index is 598. The van der Waals surface area contributed by atoms with Gasteiger partial charge < -0.3 is 16.0 Å². The summed E-state index contributed by atoms with van der Waals surface area (Å²) in [5.41, 5.74) is 1.38. The Hall–Kier alpha value is -2.56. The second-order valence-electron chi connectivity index (χ2n) is 5.86. The lowest BCUT2D eigenvalue weighted by atomic mass is 10.1. The van der Waals surface area contributed by atoms with Crippen molar-refractivity contribution in [1.82, 2.24) is 15.6 Å². The minimum atomic E-state index is 0.880. The molecule has 0 bridgehead atoms. The van der Waals surface area contributed by atoms with Crippen LogP contribution in [-0.4, -0.2) is 37.6 Å². The van der Waals surface area contributed by atoms with Crippen LogP contribution in [0.3, 0.4) is 0 Å². The second kappa shape index (κ2) is 11.9. The van der Waals surface area contributed by atoms with Gasteiger partial charge in [-0.3, -0.25) is 4.99 Å². The highest BCUT2D eigenvalue weighted by atomic mass is 15.2. The van der Waals surface area contributed by atoms with Crippen molar-refractivity contribution in [2.24, 2.45) is 4.99 Å². The molecule has 0 unspecified atom stereocenters. The highest BCUT2D eigenvalue weighted by Crippen LogP contribution is 2.01. The molecule has 0 saturated heterocycles. The van der Waals surface area contributed by atoms with Gasteiger partial charge in [-0.15, -0.1) is 0 Å². The van der Waals surface area contributed by atoms with Crippen molar-refractivity contribution in [3.8, 4) is 0 Å². The number of aromatic nitrogens is 1. The van der Waals surface area contributed by atoms with Gasteiger partial charge in [0.25, 0.3) is 0 Å². The molecule has 3 N–H and O–H groups in total. The molecule has 0 aliphatic carbocycles. The van der Waals surface area contributed by atoms with E-state index in [1.807, 2.05) is 25.2 Å². The third kappa shape index (κ3) is 8.20. The van der Waals surface area contributed by atoms with E-state index < -0.39 is 0 Å². The molecule has 0 saturated carbocycles. The Kier molecular flexibility index (Phi) is 8.93. The lowest BCUT2D eigenvalue weighted by Gasteiger charge is -2.12. The monoisotopic (exact) mass is 339 g/mol. The third-order valence-corrected chi connectivity index (χ3v) is 3.87. The van der Waals surface area contributed by atoms with E-state index in [0.717, 1.165) is 57.1 Å². The summed E-state index contributed by atoms with van der Waals surface area (Å²) in [6.07, 6.45) is 6.17. The zero-order valence-electron chi connectivity index (χ0n) is 15.0. The van der Waals surface area contributed by atoms with Crippen LogP contribution in [0.1, 0.15) is 24.8 Å². The Labute approximate surface area is 151 Å². The first-order valence-corrected chi connectivity index (χ1v) is 9.02. The Morgan fingerprint density at radius 3 is 2.32 bits per heavy atom. The first-order chi connectivity index (χ1) is 12.4. The minimum Gasteiger partial charge on any atom is -0.370 e. The van der Waals surface area contributed by atoms with Gasteiger partial charge in [0, 0.05) is 32.9 Å². The van der Waals surface area contributed by atoms with E-state index in [1.54, 1.807) is 6.20 Å². The highest BCUT2D eigenvalue weighted by molar-refractivity contribution is 5.79. The Morgan fingerprint density at radius 2 is 1.60 bits per heavy atom. The molecule has 0 atom stereocenters. The average Bonchev–Trinajstić information content (AvgIpc) is 2.67. The maximum atomic E-state index is 4.27. The molecule has 0 fully saturated rings. The van der Waals surface area contributed by atoms with Gasteiger partial charge in [0.2, 0.25) is 0 Å². The summed E-state index contributed by atoms with van der Waals surface area (Å²) in [6.45, 7) is 2.78. The van der Waals surface area contributed by atoms with Gasteiger partial charge in [-0.05, 0) is 43.4 Å². The van der Waals surface area contributed by atoms with Crippen LogP contribution >= 0.6 is 0 Å². The molecule has 0 spiro atoms. The SMILES string of the molecule is CN=C(NCCCCNc1ccccn1)NCCCc1ccccc1. The van der Waals surface area contributed by atoms with Crippen molar-refractivity contribution in [3.05, 3.63) is 60.3 Å². The van der Waals surface area contributed by atoms with E-state index in [0.29, 0.717) is 0 Å². The summed E-state index contributed by atoms with van der Waals surface area (Å²) >= 11 is 0. The van der Waals surface area contributed by atoms with Crippen molar-refractivity contribution in [2.75, 3.05) is 32.0 Å². The molecule has 2 rings (SSSR count). The van der Waals surface area contributed by atoms with E-state index in [1.165, 1.54) is 5.56 Å². The van der Waals surface area contributed by atoms with Gasteiger partial charge in [0.1, 0.15) is 5.82 Å². The van der Waals surface area contributed by atoms with Crippen LogP contribution in [0.25, 0.3) is 0 Å². The number of unbranched alkanes of at least 4 members (excludes halogenated alkanes) is 1. The molecule has 1 aromatic carbocycles. The molecule has 25 heavy (non-hydrogen) atoms. The number of rotatable bonds is 10. The summed E-state index contributed by atoms with van der Waals surface area (Å²) in [6, 6.07) is 16.5. The van der Waals surface area contributed by atoms with Crippen LogP contribution in [0.2, 0.25) is 0 Å². The number of aliphatic imine (C=N–C) groups is 1. The van der Waals surface area contributed by atoms with E-state index in [-0.39, 0.29) is 0 Å². The first-order valence-electron chi connectivity index (χ1n) is 9.02. The minimum absolute atomic E-state index is 0.880. The molecule has 0 aliphatic rings. The zero-order valence-corrected chi connectivity index (χ0v) is 15.0. The maximum absolute atomic E-state index is 4.27. The highest BCUT2D eigenvalue weighted by Gasteiger charge is 1.98. The fourth-order valence-corrected chi connectivity index (χ4v) is 2.51. The quantitative estimate of drug-likeness (QED) is 0.354. The summed E-state index contributed by atoms with van der Waals surface area (Å²) in [5.74, 6) is 1.82. The Balaban J connectivity index is 1.49. The van der Waals surface area contributed by atoms with Crippen LogP contribution in [0.4, 0.5) is 5.82 Å². The number of pyridine rings is 1.